The van der Waals surface area contributed by atoms with Crippen LogP contribution in [0.5, 0.6) is 0 Å². The van der Waals surface area contributed by atoms with Crippen LogP contribution in [0.2, 0.25) is 0 Å². The van der Waals surface area contributed by atoms with E-state index in [9.17, 15) is 4.79 Å². The van der Waals surface area contributed by atoms with Crippen LogP contribution in [0, 0.1) is 0 Å². The van der Waals surface area contributed by atoms with Crippen molar-refractivity contribution in [2.75, 3.05) is 0 Å². The topological polar surface area (TPSA) is 29.1 Å². The second kappa shape index (κ2) is 11.5. The number of hydrogen-bond acceptors (Lipinski definition) is 1. The number of carbonyl (C=O) groups is 1. The Kier molecular flexibility index (Phi) is 9.64. The summed E-state index contributed by atoms with van der Waals surface area (Å²) in [5.74, 6) is 0.180. The predicted octanol–water partition coefficient (Wildman–Crippen LogP) is 4.83. The first-order valence-corrected chi connectivity index (χ1v) is 8.13. The van der Waals surface area contributed by atoms with Gasteiger partial charge in [0.25, 0.3) is 0 Å². The minimum Gasteiger partial charge on any atom is -0.352 e. The molecule has 1 N–H and O–H groups in total. The molecule has 1 rings (SSSR count). The summed E-state index contributed by atoms with van der Waals surface area (Å²) in [7, 11) is 0. The average molecular weight is 275 g/mol. The van der Waals surface area contributed by atoms with Crippen LogP contribution in [0.3, 0.4) is 0 Å². The number of nitrogens with one attached hydrogen (secondary N) is 1. The number of unbranched alkanes of at least 4 members (excludes halogenated alkanes) is 7. The smallest absolute Gasteiger partial charge is 0.220 e. The van der Waals surface area contributed by atoms with Crippen LogP contribution in [-0.4, -0.2) is 5.91 Å². The number of hydrogen-bond donors (Lipinski definition) is 1. The average Bonchev–Trinajstić information content (AvgIpc) is 2.49. The first-order valence-electron chi connectivity index (χ1n) is 8.13. The number of rotatable bonds is 11. The van der Waals surface area contributed by atoms with E-state index in [1.165, 1.54) is 44.9 Å². The van der Waals surface area contributed by atoms with Crippen LogP contribution in [0.4, 0.5) is 0 Å². The summed E-state index contributed by atoms with van der Waals surface area (Å²) in [5.41, 5.74) is 1.16. The molecule has 2 nitrogen and oxygen atoms in total. The molecule has 0 aliphatic carbocycles. The third-order valence-electron chi connectivity index (χ3n) is 3.59. The van der Waals surface area contributed by atoms with Crippen molar-refractivity contribution in [3.8, 4) is 0 Å². The molecule has 2 heteroatoms. The van der Waals surface area contributed by atoms with Crippen molar-refractivity contribution in [2.45, 2.75) is 71.3 Å². The Hall–Kier alpha value is -1.31. The van der Waals surface area contributed by atoms with Gasteiger partial charge in [-0.05, 0) is 12.0 Å². The van der Waals surface area contributed by atoms with Crippen LogP contribution in [0.1, 0.15) is 70.3 Å². The van der Waals surface area contributed by atoms with E-state index in [1.54, 1.807) is 0 Å². The van der Waals surface area contributed by atoms with Gasteiger partial charge >= 0.3 is 0 Å². The summed E-state index contributed by atoms with van der Waals surface area (Å²) in [6.45, 7) is 2.89. The fraction of sp³-hybridized carbons (Fsp3) is 0.611. The maximum absolute atomic E-state index is 11.7. The monoisotopic (exact) mass is 275 g/mol. The Morgan fingerprint density at radius 3 is 2.15 bits per heavy atom. The summed E-state index contributed by atoms with van der Waals surface area (Å²) in [5, 5.41) is 2.98. The van der Waals surface area contributed by atoms with Crippen molar-refractivity contribution in [2.24, 2.45) is 0 Å². The van der Waals surface area contributed by atoms with Crippen molar-refractivity contribution in [3.63, 3.8) is 0 Å². The highest BCUT2D eigenvalue weighted by Gasteiger charge is 2.01. The van der Waals surface area contributed by atoms with E-state index in [1.807, 2.05) is 30.3 Å². The normalized spacial score (nSPS) is 10.4. The number of benzene rings is 1. The molecule has 0 aromatic heterocycles. The fourth-order valence-electron chi connectivity index (χ4n) is 2.30. The maximum atomic E-state index is 11.7. The Bertz CT molecular complexity index is 348. The SMILES string of the molecule is CCCCCCCCCCC(=O)NCc1ccccc1. The molecule has 0 aliphatic rings. The molecule has 1 amide bonds. The van der Waals surface area contributed by atoms with Crippen molar-refractivity contribution in [1.82, 2.24) is 5.32 Å². The lowest BCUT2D eigenvalue weighted by molar-refractivity contribution is -0.121. The summed E-state index contributed by atoms with van der Waals surface area (Å²) in [6.07, 6.45) is 10.9. The molecule has 0 unspecified atom stereocenters. The molecule has 0 aliphatic heterocycles. The molecule has 1 aromatic carbocycles. The lowest BCUT2D eigenvalue weighted by atomic mass is 10.1. The molecule has 1 aromatic rings. The van der Waals surface area contributed by atoms with Gasteiger partial charge in [0.15, 0.2) is 0 Å². The second-order valence-corrected chi connectivity index (χ2v) is 5.49. The molecule has 0 fully saturated rings. The molecule has 0 bridgehead atoms. The van der Waals surface area contributed by atoms with E-state index in [0.29, 0.717) is 13.0 Å². The Morgan fingerprint density at radius 1 is 0.900 bits per heavy atom. The molecule has 0 heterocycles. The third kappa shape index (κ3) is 8.73. The van der Waals surface area contributed by atoms with Crippen molar-refractivity contribution in [1.29, 1.82) is 0 Å². The third-order valence-corrected chi connectivity index (χ3v) is 3.59. The van der Waals surface area contributed by atoms with Crippen LogP contribution in [-0.2, 0) is 11.3 Å². The van der Waals surface area contributed by atoms with Crippen LogP contribution in [0.25, 0.3) is 0 Å². The largest absolute Gasteiger partial charge is 0.352 e. The summed E-state index contributed by atoms with van der Waals surface area (Å²) < 4.78 is 0. The minimum absolute atomic E-state index is 0.180. The van der Waals surface area contributed by atoms with Gasteiger partial charge in [0.2, 0.25) is 5.91 Å². The minimum atomic E-state index is 0.180. The zero-order valence-corrected chi connectivity index (χ0v) is 12.9. The zero-order valence-electron chi connectivity index (χ0n) is 12.9. The quantitative estimate of drug-likeness (QED) is 0.576. The summed E-state index contributed by atoms with van der Waals surface area (Å²) >= 11 is 0. The number of carbonyl (C=O) groups excluding carboxylic acids is 1. The van der Waals surface area contributed by atoms with Gasteiger partial charge in [-0.2, -0.15) is 0 Å². The van der Waals surface area contributed by atoms with Gasteiger partial charge in [-0.3, -0.25) is 4.79 Å². The summed E-state index contributed by atoms with van der Waals surface area (Å²) in [6, 6.07) is 10.1. The highest BCUT2D eigenvalue weighted by Crippen LogP contribution is 2.09. The highest BCUT2D eigenvalue weighted by molar-refractivity contribution is 5.75. The zero-order chi connectivity index (χ0) is 14.5. The Labute approximate surface area is 124 Å². The molecular formula is C18H29NO. The van der Waals surface area contributed by atoms with Gasteiger partial charge in [-0.1, -0.05) is 82.2 Å². The van der Waals surface area contributed by atoms with Crippen molar-refractivity contribution >= 4 is 5.91 Å². The fourth-order valence-corrected chi connectivity index (χ4v) is 2.30. The van der Waals surface area contributed by atoms with Gasteiger partial charge in [-0.15, -0.1) is 0 Å². The summed E-state index contributed by atoms with van der Waals surface area (Å²) in [4.78, 5) is 11.7. The van der Waals surface area contributed by atoms with E-state index in [2.05, 4.69) is 12.2 Å². The van der Waals surface area contributed by atoms with E-state index in [-0.39, 0.29) is 5.91 Å². The standard InChI is InChI=1S/C18H29NO/c1-2-3-4-5-6-7-8-12-15-18(20)19-16-17-13-10-9-11-14-17/h9-11,13-14H,2-8,12,15-16H2,1H3,(H,19,20). The molecular weight excluding hydrogens is 246 g/mol. The van der Waals surface area contributed by atoms with Crippen LogP contribution < -0.4 is 5.32 Å². The molecule has 20 heavy (non-hydrogen) atoms. The van der Waals surface area contributed by atoms with Crippen LogP contribution >= 0.6 is 0 Å². The van der Waals surface area contributed by atoms with E-state index in [4.69, 9.17) is 0 Å². The maximum Gasteiger partial charge on any atom is 0.220 e. The highest BCUT2D eigenvalue weighted by atomic mass is 16.1. The van der Waals surface area contributed by atoms with Crippen molar-refractivity contribution in [3.05, 3.63) is 35.9 Å². The van der Waals surface area contributed by atoms with Crippen molar-refractivity contribution < 1.29 is 4.79 Å². The molecule has 0 atom stereocenters. The Morgan fingerprint density at radius 2 is 1.50 bits per heavy atom. The van der Waals surface area contributed by atoms with E-state index < -0.39 is 0 Å². The lowest BCUT2D eigenvalue weighted by Crippen LogP contribution is -2.22. The number of amides is 1. The molecule has 0 spiro atoms. The van der Waals surface area contributed by atoms with E-state index >= 15 is 0 Å². The van der Waals surface area contributed by atoms with Gasteiger partial charge in [0.1, 0.15) is 0 Å². The van der Waals surface area contributed by atoms with Gasteiger partial charge < -0.3 is 5.32 Å². The first kappa shape index (κ1) is 16.7. The van der Waals surface area contributed by atoms with Gasteiger partial charge in [-0.25, -0.2) is 0 Å². The van der Waals surface area contributed by atoms with E-state index in [0.717, 1.165) is 12.0 Å². The predicted molar refractivity (Wildman–Crippen MR) is 85.5 cm³/mol. The molecule has 0 saturated carbocycles. The van der Waals surface area contributed by atoms with Crippen LogP contribution in [0.15, 0.2) is 30.3 Å². The van der Waals surface area contributed by atoms with Gasteiger partial charge in [0.05, 0.1) is 0 Å². The first-order chi connectivity index (χ1) is 9.83. The molecule has 112 valence electrons. The Balaban J connectivity index is 1.93. The second-order valence-electron chi connectivity index (χ2n) is 5.49. The lowest BCUT2D eigenvalue weighted by Gasteiger charge is -2.05. The van der Waals surface area contributed by atoms with Gasteiger partial charge in [0, 0.05) is 13.0 Å². The molecule has 0 saturated heterocycles. The molecule has 0 radical (unpaired) electrons.